The van der Waals surface area contributed by atoms with Crippen molar-refractivity contribution in [2.75, 3.05) is 26.9 Å². The van der Waals surface area contributed by atoms with Gasteiger partial charge in [-0.25, -0.2) is 9.07 Å². The Morgan fingerprint density at radius 3 is 2.50 bits per heavy atom. The van der Waals surface area contributed by atoms with Crippen molar-refractivity contribution >= 4 is 14.0 Å². The van der Waals surface area contributed by atoms with Gasteiger partial charge in [-0.3, -0.25) is 4.79 Å². The van der Waals surface area contributed by atoms with E-state index in [0.29, 0.717) is 37.8 Å². The maximum atomic E-state index is 14.8. The topological polar surface area (TPSA) is 81.0 Å². The minimum absolute atomic E-state index is 0.0235. The van der Waals surface area contributed by atoms with Gasteiger partial charge in [0, 0.05) is 32.7 Å². The molecule has 0 N–H and O–H groups in total. The van der Waals surface area contributed by atoms with Crippen LogP contribution in [0.1, 0.15) is 69.8 Å². The molecule has 0 bridgehead atoms. The molecule has 3 rings (SSSR count). The van der Waals surface area contributed by atoms with Crippen molar-refractivity contribution in [3.8, 4) is 5.75 Å². The molecule has 40 heavy (non-hydrogen) atoms. The highest BCUT2D eigenvalue weighted by atomic mass is 28.3. The first-order valence-electron chi connectivity index (χ1n) is 14.2. The number of benzene rings is 1. The fourth-order valence-corrected chi connectivity index (χ4v) is 5.38. The number of nitrogens with zero attached hydrogens (tertiary/aromatic N) is 2. The molecule has 1 fully saturated rings. The summed E-state index contributed by atoms with van der Waals surface area (Å²) in [7, 11) is 0.184. The number of esters is 1. The number of methoxy groups -OCH3 is 1. The molecule has 224 valence electrons. The Morgan fingerprint density at radius 1 is 1.20 bits per heavy atom. The van der Waals surface area contributed by atoms with Gasteiger partial charge in [0.1, 0.15) is 12.3 Å². The number of aromatic nitrogens is 2. The van der Waals surface area contributed by atoms with Crippen LogP contribution < -0.4 is 4.74 Å². The number of halogens is 1. The molecule has 1 saturated heterocycles. The number of rotatable bonds is 14. The third kappa shape index (κ3) is 9.97. The Labute approximate surface area is 239 Å². The Hall–Kier alpha value is -2.27. The van der Waals surface area contributed by atoms with E-state index in [1.165, 1.54) is 13.2 Å². The van der Waals surface area contributed by atoms with E-state index in [1.807, 2.05) is 38.4 Å². The van der Waals surface area contributed by atoms with Crippen LogP contribution in [0.2, 0.25) is 25.7 Å². The zero-order chi connectivity index (χ0) is 29.6. The van der Waals surface area contributed by atoms with E-state index in [2.05, 4.69) is 19.6 Å². The van der Waals surface area contributed by atoms with Gasteiger partial charge in [-0.15, -0.1) is 0 Å². The van der Waals surface area contributed by atoms with Crippen molar-refractivity contribution < 1.29 is 32.9 Å². The quantitative estimate of drug-likeness (QED) is 0.148. The van der Waals surface area contributed by atoms with Gasteiger partial charge in [0.2, 0.25) is 0 Å². The molecule has 2 aromatic rings. The first-order valence-corrected chi connectivity index (χ1v) is 17.9. The molecule has 10 heteroatoms. The second-order valence-corrected chi connectivity index (χ2v) is 18.5. The van der Waals surface area contributed by atoms with Crippen LogP contribution in [0, 0.1) is 5.82 Å². The molecular weight excluding hydrogens is 531 g/mol. The number of carbonyl (C=O) groups is 1. The van der Waals surface area contributed by atoms with Crippen LogP contribution in [-0.4, -0.2) is 62.1 Å². The predicted octanol–water partition coefficient (Wildman–Crippen LogP) is 6.29. The molecular formula is C30H47FN2O6Si. The summed E-state index contributed by atoms with van der Waals surface area (Å²) in [5.74, 6) is -1.79. The Morgan fingerprint density at radius 2 is 1.90 bits per heavy atom. The number of carbonyl (C=O) groups excluding carboxylic acids is 1. The van der Waals surface area contributed by atoms with Crippen molar-refractivity contribution in [1.82, 2.24) is 9.78 Å². The molecule has 1 aliphatic heterocycles. The first-order chi connectivity index (χ1) is 18.7. The van der Waals surface area contributed by atoms with Gasteiger partial charge in [0.15, 0.2) is 17.4 Å². The maximum Gasteiger partial charge on any atom is 0.307 e. The summed E-state index contributed by atoms with van der Waals surface area (Å²) in [6.45, 7) is 16.6. The van der Waals surface area contributed by atoms with Crippen molar-refractivity contribution in [3.05, 3.63) is 47.0 Å². The summed E-state index contributed by atoms with van der Waals surface area (Å²) < 4.78 is 45.0. The van der Waals surface area contributed by atoms with Gasteiger partial charge < -0.3 is 23.7 Å². The lowest BCUT2D eigenvalue weighted by Crippen LogP contribution is -2.25. The van der Waals surface area contributed by atoms with E-state index in [0.717, 1.165) is 31.0 Å². The van der Waals surface area contributed by atoms with Crippen LogP contribution in [0.5, 0.6) is 5.75 Å². The fraction of sp³-hybridized carbons (Fsp3) is 0.667. The predicted molar refractivity (Wildman–Crippen MR) is 155 cm³/mol. The lowest BCUT2D eigenvalue weighted by Gasteiger charge is -2.22. The third-order valence-corrected chi connectivity index (χ3v) is 8.48. The lowest BCUT2D eigenvalue weighted by molar-refractivity contribution is -0.155. The van der Waals surface area contributed by atoms with E-state index in [4.69, 9.17) is 28.8 Å². The van der Waals surface area contributed by atoms with E-state index in [-0.39, 0.29) is 18.1 Å². The van der Waals surface area contributed by atoms with Gasteiger partial charge in [-0.1, -0.05) is 25.7 Å². The molecule has 2 heterocycles. The van der Waals surface area contributed by atoms with Crippen LogP contribution >= 0.6 is 0 Å². The molecule has 0 amide bonds. The SMILES string of the molecule is COc1ccc(C(CC(=O)OC(C)(C)C)c2cc(CCCC3(C)OCCO3)n(COCC[Si](C)(C)C)n2)cc1F. The number of aryl methyl sites for hydroxylation is 1. The average molecular weight is 579 g/mol. The molecule has 0 spiro atoms. The van der Waals surface area contributed by atoms with Crippen LogP contribution in [0.4, 0.5) is 4.39 Å². The van der Waals surface area contributed by atoms with E-state index < -0.39 is 31.2 Å². The Balaban J connectivity index is 1.89. The Bertz CT molecular complexity index is 1120. The van der Waals surface area contributed by atoms with Crippen molar-refractivity contribution in [1.29, 1.82) is 0 Å². The van der Waals surface area contributed by atoms with E-state index in [1.54, 1.807) is 12.1 Å². The van der Waals surface area contributed by atoms with Crippen LogP contribution in [0.25, 0.3) is 0 Å². The highest BCUT2D eigenvalue weighted by Gasteiger charge is 2.31. The fourth-order valence-electron chi connectivity index (χ4n) is 4.62. The second-order valence-electron chi connectivity index (χ2n) is 12.8. The normalized spacial score (nSPS) is 16.2. The van der Waals surface area contributed by atoms with Crippen LogP contribution in [0.15, 0.2) is 24.3 Å². The summed E-state index contributed by atoms with van der Waals surface area (Å²) in [6.07, 6.45) is 2.32. The smallest absolute Gasteiger partial charge is 0.307 e. The summed E-state index contributed by atoms with van der Waals surface area (Å²) >= 11 is 0. The Kier molecular flexibility index (Phi) is 11.0. The molecule has 1 unspecified atom stereocenters. The van der Waals surface area contributed by atoms with Gasteiger partial charge in [-0.2, -0.15) is 5.10 Å². The number of hydrogen-bond donors (Lipinski definition) is 0. The van der Waals surface area contributed by atoms with E-state index in [9.17, 15) is 9.18 Å². The standard InChI is InChI=1S/C30H47FN2O6Si/c1-29(2,3)39-28(34)20-24(22-11-12-27(35-5)25(31)18-22)26-19-23(10-9-13-30(4)37-14-15-38-30)33(32-26)21-36-16-17-40(6,7)8/h11-12,18-19,24H,9-10,13-17,20-21H2,1-8H3. The molecule has 0 radical (unpaired) electrons. The van der Waals surface area contributed by atoms with Crippen LogP contribution in [-0.2, 0) is 36.9 Å². The largest absolute Gasteiger partial charge is 0.494 e. The van der Waals surface area contributed by atoms with Gasteiger partial charge >= 0.3 is 5.97 Å². The summed E-state index contributed by atoms with van der Waals surface area (Å²) in [4.78, 5) is 13.0. The minimum Gasteiger partial charge on any atom is -0.494 e. The zero-order valence-electron chi connectivity index (χ0n) is 25.5. The van der Waals surface area contributed by atoms with Gasteiger partial charge in [-0.05, 0) is 70.3 Å². The molecule has 8 nitrogen and oxygen atoms in total. The van der Waals surface area contributed by atoms with Gasteiger partial charge in [0.05, 0.1) is 32.4 Å². The monoisotopic (exact) mass is 578 g/mol. The first kappa shape index (κ1) is 32.2. The number of hydrogen-bond acceptors (Lipinski definition) is 7. The molecule has 1 atom stereocenters. The summed E-state index contributed by atoms with van der Waals surface area (Å²) in [6, 6.07) is 7.81. The molecule has 1 aromatic carbocycles. The highest BCUT2D eigenvalue weighted by Crippen LogP contribution is 2.33. The van der Waals surface area contributed by atoms with Crippen LogP contribution in [0.3, 0.4) is 0 Å². The summed E-state index contributed by atoms with van der Waals surface area (Å²) in [5.41, 5.74) is 1.63. The third-order valence-electron chi connectivity index (χ3n) is 6.78. The molecule has 1 aromatic heterocycles. The molecule has 0 aliphatic carbocycles. The second kappa shape index (κ2) is 13.6. The average Bonchev–Trinajstić information content (AvgIpc) is 3.45. The number of ether oxygens (including phenoxy) is 5. The molecule has 0 saturated carbocycles. The highest BCUT2D eigenvalue weighted by molar-refractivity contribution is 6.76. The van der Waals surface area contributed by atoms with Crippen molar-refractivity contribution in [2.45, 2.75) is 103 Å². The molecule has 1 aliphatic rings. The van der Waals surface area contributed by atoms with Gasteiger partial charge in [0.25, 0.3) is 0 Å². The summed E-state index contributed by atoms with van der Waals surface area (Å²) in [5, 5.41) is 4.89. The zero-order valence-corrected chi connectivity index (χ0v) is 26.5. The van der Waals surface area contributed by atoms with Crippen molar-refractivity contribution in [3.63, 3.8) is 0 Å². The lowest BCUT2D eigenvalue weighted by atomic mass is 9.91. The maximum absolute atomic E-state index is 14.8. The van der Waals surface area contributed by atoms with E-state index >= 15 is 0 Å². The minimum atomic E-state index is -1.24. The van der Waals surface area contributed by atoms with Crippen molar-refractivity contribution in [2.24, 2.45) is 0 Å².